The molecule has 0 bridgehead atoms. The Bertz CT molecular complexity index is 637. The molecule has 0 saturated heterocycles. The van der Waals surface area contributed by atoms with Crippen LogP contribution < -0.4 is 0 Å². The van der Waals surface area contributed by atoms with Crippen LogP contribution in [0.15, 0.2) is 48.5 Å². The smallest absolute Gasteiger partial charge is 0.246 e. The maximum Gasteiger partial charge on any atom is 0.246 e. The zero-order chi connectivity index (χ0) is 15.2. The molecular weight excluding hydrogens is 296 g/mol. The molecule has 0 heterocycles. The summed E-state index contributed by atoms with van der Waals surface area (Å²) in [7, 11) is 3.05. The second-order valence-electron chi connectivity index (χ2n) is 5.05. The topological polar surface area (TPSA) is 9.23 Å². The Morgan fingerprint density at radius 2 is 1.71 bits per heavy atom. The molecule has 0 aliphatic carbocycles. The molecule has 0 fully saturated rings. The predicted molar refractivity (Wildman–Crippen MR) is 91.6 cm³/mol. The normalized spacial score (nSPS) is 13.2. The molecule has 2 rings (SSSR count). The molecule has 0 spiro atoms. The molecule has 0 aliphatic rings. The van der Waals surface area contributed by atoms with Crippen LogP contribution in [0.1, 0.15) is 22.3 Å². The number of rotatable bonds is 5. The van der Waals surface area contributed by atoms with Crippen LogP contribution >= 0.6 is 11.6 Å². The van der Waals surface area contributed by atoms with Crippen molar-refractivity contribution in [3.8, 4) is 0 Å². The van der Waals surface area contributed by atoms with Gasteiger partial charge in [-0.25, -0.2) is 0 Å². The molecule has 2 aromatic carbocycles. The van der Waals surface area contributed by atoms with Crippen LogP contribution in [0, 0.1) is 13.8 Å². The van der Waals surface area contributed by atoms with Gasteiger partial charge in [-0.1, -0.05) is 48.5 Å². The summed E-state index contributed by atoms with van der Waals surface area (Å²) < 4.78 is 5.05. The summed E-state index contributed by atoms with van der Waals surface area (Å²) >= 11 is 6.53. The van der Waals surface area contributed by atoms with Crippen LogP contribution in [0.4, 0.5) is 0 Å². The van der Waals surface area contributed by atoms with Gasteiger partial charge in [0.15, 0.2) is 0 Å². The zero-order valence-electron chi connectivity index (χ0n) is 12.3. The first-order valence-electron chi connectivity index (χ1n) is 6.89. The summed E-state index contributed by atoms with van der Waals surface area (Å²) in [4.78, 5) is 0. The quantitative estimate of drug-likeness (QED) is 0.447. The van der Waals surface area contributed by atoms with Crippen molar-refractivity contribution in [3.63, 3.8) is 0 Å². The zero-order valence-corrected chi connectivity index (χ0v) is 14.0. The van der Waals surface area contributed by atoms with E-state index in [4.69, 9.17) is 16.0 Å². The van der Waals surface area contributed by atoms with E-state index in [9.17, 15) is 0 Å². The molecule has 0 saturated carbocycles. The molecule has 1 unspecified atom stereocenters. The highest BCUT2D eigenvalue weighted by molar-refractivity contribution is 6.28. The van der Waals surface area contributed by atoms with Crippen molar-refractivity contribution in [1.82, 2.24) is 0 Å². The van der Waals surface area contributed by atoms with Crippen LogP contribution in [-0.4, -0.2) is 22.5 Å². The van der Waals surface area contributed by atoms with E-state index < -0.39 is 0 Å². The van der Waals surface area contributed by atoms with E-state index in [1.54, 1.807) is 0 Å². The molecule has 1 atom stereocenters. The first-order valence-corrected chi connectivity index (χ1v) is 7.73. The third-order valence-corrected chi connectivity index (χ3v) is 4.05. The fraction of sp³-hybridized carbons (Fsp3) is 0.222. The minimum atomic E-state index is -0.219. The van der Waals surface area contributed by atoms with Gasteiger partial charge in [0.25, 0.3) is 0 Å². The fourth-order valence-electron chi connectivity index (χ4n) is 2.31. The van der Waals surface area contributed by atoms with Crippen molar-refractivity contribution >= 4 is 33.7 Å². The van der Waals surface area contributed by atoms with Crippen molar-refractivity contribution in [2.75, 3.05) is 6.61 Å². The number of hydrogen-bond acceptors (Lipinski definition) is 1. The molecule has 0 N–H and O–H groups in total. The number of alkyl halides is 1. The highest BCUT2D eigenvalue weighted by Crippen LogP contribution is 2.28. The summed E-state index contributed by atoms with van der Waals surface area (Å²) in [6, 6.07) is 16.6. The Morgan fingerprint density at radius 3 is 2.33 bits per heavy atom. The number of aryl methyl sites for hydroxylation is 2. The lowest BCUT2D eigenvalue weighted by molar-refractivity contribution is 0.363. The third kappa shape index (κ3) is 4.07. The Kier molecular flexibility index (Phi) is 5.80. The van der Waals surface area contributed by atoms with E-state index in [2.05, 4.69) is 54.7 Å². The highest BCUT2D eigenvalue weighted by Gasteiger charge is 2.15. The van der Waals surface area contributed by atoms with E-state index in [0.29, 0.717) is 6.61 Å². The van der Waals surface area contributed by atoms with Crippen molar-refractivity contribution in [2.24, 2.45) is 0 Å². The molecule has 0 amide bonds. The van der Waals surface area contributed by atoms with E-state index in [0.717, 1.165) is 11.1 Å². The monoisotopic (exact) mass is 313 g/mol. The Labute approximate surface area is 135 Å². The fourth-order valence-corrected chi connectivity index (χ4v) is 2.83. The lowest BCUT2D eigenvalue weighted by Crippen LogP contribution is -2.11. The van der Waals surface area contributed by atoms with E-state index >= 15 is 0 Å². The average Bonchev–Trinajstić information content (AvgIpc) is 2.48. The molecular formula is C18H18ClOSi. The van der Waals surface area contributed by atoms with Gasteiger partial charge in [-0.05, 0) is 47.8 Å². The van der Waals surface area contributed by atoms with Gasteiger partial charge in [0.1, 0.15) is 0 Å². The molecule has 0 aliphatic heterocycles. The van der Waals surface area contributed by atoms with Gasteiger partial charge in [-0.3, -0.25) is 0 Å². The second-order valence-corrected chi connectivity index (χ2v) is 5.87. The summed E-state index contributed by atoms with van der Waals surface area (Å²) in [5, 5.41) is -0.219. The van der Waals surface area contributed by atoms with Gasteiger partial charge in [0.05, 0.1) is 12.0 Å². The number of halogens is 1. The average molecular weight is 314 g/mol. The molecule has 2 aromatic rings. The molecule has 1 nitrogen and oxygen atoms in total. The van der Waals surface area contributed by atoms with Crippen molar-refractivity contribution < 1.29 is 4.43 Å². The van der Waals surface area contributed by atoms with Gasteiger partial charge in [-0.2, -0.15) is 0 Å². The Balaban J connectivity index is 2.52. The van der Waals surface area contributed by atoms with Gasteiger partial charge >= 0.3 is 0 Å². The van der Waals surface area contributed by atoms with E-state index in [1.165, 1.54) is 16.7 Å². The summed E-state index contributed by atoms with van der Waals surface area (Å²) in [6.07, 6.45) is 2.15. The van der Waals surface area contributed by atoms with E-state index in [1.807, 2.05) is 24.3 Å². The predicted octanol–water partition coefficient (Wildman–Crippen LogP) is 4.55. The van der Waals surface area contributed by atoms with Crippen LogP contribution in [0.5, 0.6) is 0 Å². The molecule has 3 heteroatoms. The van der Waals surface area contributed by atoms with Crippen molar-refractivity contribution in [1.29, 1.82) is 0 Å². The number of benzene rings is 2. The molecule has 107 valence electrons. The Morgan fingerprint density at radius 1 is 1.10 bits per heavy atom. The van der Waals surface area contributed by atoms with Crippen LogP contribution in [-0.2, 0) is 4.43 Å². The van der Waals surface area contributed by atoms with Gasteiger partial charge in [0, 0.05) is 0 Å². The first-order chi connectivity index (χ1) is 10.1. The van der Waals surface area contributed by atoms with Crippen LogP contribution in [0.25, 0.3) is 11.6 Å². The van der Waals surface area contributed by atoms with Crippen molar-refractivity contribution in [3.05, 3.63) is 70.8 Å². The standard InChI is InChI=1S/C18H18ClOSi/c1-13-7-3-5-9-15(13)11-17(18(19)12-20-21)16-10-6-4-8-14(16)2/h3-11,18H,12H2,1-2H3. The van der Waals surface area contributed by atoms with Gasteiger partial charge in [0.2, 0.25) is 10.5 Å². The lowest BCUT2D eigenvalue weighted by Gasteiger charge is -2.17. The largest absolute Gasteiger partial charge is 0.417 e. The van der Waals surface area contributed by atoms with E-state index in [-0.39, 0.29) is 5.38 Å². The van der Waals surface area contributed by atoms with Crippen LogP contribution in [0.2, 0.25) is 0 Å². The first kappa shape index (κ1) is 16.0. The second kappa shape index (κ2) is 7.60. The summed E-state index contributed by atoms with van der Waals surface area (Å²) in [6.45, 7) is 4.61. The lowest BCUT2D eigenvalue weighted by atomic mass is 9.95. The van der Waals surface area contributed by atoms with Gasteiger partial charge in [-0.15, -0.1) is 11.6 Å². The van der Waals surface area contributed by atoms with Crippen molar-refractivity contribution in [2.45, 2.75) is 19.2 Å². The maximum absolute atomic E-state index is 6.53. The Hall–Kier alpha value is -1.35. The molecule has 3 radical (unpaired) electrons. The minimum absolute atomic E-state index is 0.219. The minimum Gasteiger partial charge on any atom is -0.417 e. The SMILES string of the molecule is Cc1ccccc1C=C(c1ccccc1C)C(Cl)CO[Si]. The maximum atomic E-state index is 6.53. The third-order valence-electron chi connectivity index (χ3n) is 3.52. The summed E-state index contributed by atoms with van der Waals surface area (Å²) in [5.41, 5.74) is 5.84. The highest BCUT2D eigenvalue weighted by atomic mass is 35.5. The summed E-state index contributed by atoms with van der Waals surface area (Å²) in [5.74, 6) is 0. The number of hydrogen-bond donors (Lipinski definition) is 0. The molecule has 0 aromatic heterocycles. The molecule has 21 heavy (non-hydrogen) atoms. The van der Waals surface area contributed by atoms with Gasteiger partial charge < -0.3 is 4.43 Å². The van der Waals surface area contributed by atoms with Crippen LogP contribution in [0.3, 0.4) is 0 Å².